The molecule has 1 amide bonds. The van der Waals surface area contributed by atoms with E-state index in [1.54, 1.807) is 43.7 Å². The number of likely N-dealkylation sites (tertiary alicyclic amines) is 1. The fourth-order valence-corrected chi connectivity index (χ4v) is 4.16. The van der Waals surface area contributed by atoms with Crippen molar-refractivity contribution in [3.8, 4) is 5.75 Å². The minimum Gasteiger partial charge on any atom is -0.507 e. The first kappa shape index (κ1) is 22.7. The molecule has 3 aromatic rings. The molecular weight excluding hydrogens is 446 g/mol. The Kier molecular flexibility index (Phi) is 6.55. The van der Waals surface area contributed by atoms with Gasteiger partial charge in [-0.15, -0.1) is 0 Å². The van der Waals surface area contributed by atoms with Gasteiger partial charge < -0.3 is 23.7 Å². The topological polar surface area (TPSA) is 97.8 Å². The summed E-state index contributed by atoms with van der Waals surface area (Å²) in [5, 5.41) is 11.4. The van der Waals surface area contributed by atoms with Crippen LogP contribution in [0.15, 0.2) is 59.0 Å². The van der Waals surface area contributed by atoms with E-state index in [0.717, 1.165) is 0 Å². The molecule has 172 valence electrons. The van der Waals surface area contributed by atoms with Crippen molar-refractivity contribution in [2.75, 3.05) is 13.2 Å². The minimum atomic E-state index is -0.841. The van der Waals surface area contributed by atoms with Crippen LogP contribution in [-0.2, 0) is 16.1 Å². The molecule has 1 aromatic carbocycles. The first-order valence-electron chi connectivity index (χ1n) is 10.6. The van der Waals surface area contributed by atoms with Gasteiger partial charge in [0.25, 0.3) is 11.7 Å². The predicted molar refractivity (Wildman–Crippen MR) is 122 cm³/mol. The molecule has 1 N–H and O–H groups in total. The molecule has 33 heavy (non-hydrogen) atoms. The normalized spacial score (nSPS) is 17.7. The van der Waals surface area contributed by atoms with Crippen molar-refractivity contribution in [3.63, 3.8) is 0 Å². The lowest BCUT2D eigenvalue weighted by Crippen LogP contribution is -2.31. The number of amides is 1. The third-order valence-electron chi connectivity index (χ3n) is 5.45. The molecular formula is C24H24ClN3O5. The van der Waals surface area contributed by atoms with Gasteiger partial charge in [0.2, 0.25) is 0 Å². The Morgan fingerprint density at radius 2 is 2.06 bits per heavy atom. The molecule has 0 saturated carbocycles. The van der Waals surface area contributed by atoms with Crippen LogP contribution in [0, 0.1) is 6.92 Å². The van der Waals surface area contributed by atoms with Gasteiger partial charge in [-0.25, -0.2) is 4.98 Å². The molecule has 2 aromatic heterocycles. The number of imidazole rings is 1. The van der Waals surface area contributed by atoms with Gasteiger partial charge in [-0.3, -0.25) is 9.59 Å². The number of hydrogen-bond donors (Lipinski definition) is 1. The number of hydrogen-bond acceptors (Lipinski definition) is 6. The van der Waals surface area contributed by atoms with Gasteiger partial charge in [0, 0.05) is 31.0 Å². The van der Waals surface area contributed by atoms with E-state index in [-0.39, 0.29) is 11.3 Å². The van der Waals surface area contributed by atoms with Gasteiger partial charge >= 0.3 is 0 Å². The molecule has 1 saturated heterocycles. The first-order valence-corrected chi connectivity index (χ1v) is 11.0. The standard InChI is InChI=1S/C24H24ClN3O5/c1-3-32-18-8-6-16(13-17(18)25)22(29)20-21(19-7-5-15(2)33-19)28(24(31)23(20)30)11-4-10-27-12-9-26-14-27/h5-9,12-14,21,29H,3-4,10-11H2,1-2H3. The number of halogens is 1. The number of ether oxygens (including phenoxy) is 1. The van der Waals surface area contributed by atoms with Crippen LogP contribution in [0.25, 0.3) is 5.76 Å². The highest BCUT2D eigenvalue weighted by molar-refractivity contribution is 6.46. The second-order valence-electron chi connectivity index (χ2n) is 7.67. The van der Waals surface area contributed by atoms with Gasteiger partial charge in [0.1, 0.15) is 29.1 Å². The van der Waals surface area contributed by atoms with E-state index in [4.69, 9.17) is 20.8 Å². The molecule has 9 heteroatoms. The summed E-state index contributed by atoms with van der Waals surface area (Å²) in [5.41, 5.74) is 0.283. The van der Waals surface area contributed by atoms with Crippen LogP contribution in [0.3, 0.4) is 0 Å². The number of aliphatic hydroxyl groups is 1. The summed E-state index contributed by atoms with van der Waals surface area (Å²) < 4.78 is 13.1. The third kappa shape index (κ3) is 4.52. The Balaban J connectivity index is 1.71. The van der Waals surface area contributed by atoms with E-state index in [0.29, 0.717) is 54.0 Å². The largest absolute Gasteiger partial charge is 0.507 e. The molecule has 0 bridgehead atoms. The lowest BCUT2D eigenvalue weighted by molar-refractivity contribution is -0.140. The second-order valence-corrected chi connectivity index (χ2v) is 8.08. The zero-order chi connectivity index (χ0) is 23.5. The quantitative estimate of drug-likeness (QED) is 0.299. The van der Waals surface area contributed by atoms with E-state index in [1.807, 2.05) is 17.7 Å². The van der Waals surface area contributed by atoms with E-state index < -0.39 is 17.7 Å². The summed E-state index contributed by atoms with van der Waals surface area (Å²) in [6.07, 6.45) is 5.79. The number of furan rings is 1. The van der Waals surface area contributed by atoms with Gasteiger partial charge in [-0.05, 0) is 50.6 Å². The maximum atomic E-state index is 13.0. The van der Waals surface area contributed by atoms with Crippen molar-refractivity contribution in [2.45, 2.75) is 32.9 Å². The minimum absolute atomic E-state index is 0.0304. The number of benzene rings is 1. The van der Waals surface area contributed by atoms with Crippen molar-refractivity contribution in [1.82, 2.24) is 14.5 Å². The van der Waals surface area contributed by atoms with Crippen molar-refractivity contribution in [3.05, 3.63) is 76.7 Å². The summed E-state index contributed by atoms with van der Waals surface area (Å²) in [6, 6.07) is 7.37. The molecule has 1 atom stereocenters. The number of nitrogens with zero attached hydrogens (tertiary/aromatic N) is 3. The molecule has 1 unspecified atom stereocenters. The van der Waals surface area contributed by atoms with Crippen LogP contribution in [0.5, 0.6) is 5.75 Å². The predicted octanol–water partition coefficient (Wildman–Crippen LogP) is 4.35. The van der Waals surface area contributed by atoms with E-state index in [2.05, 4.69) is 4.98 Å². The molecule has 0 radical (unpaired) electrons. The summed E-state index contributed by atoms with van der Waals surface area (Å²) in [4.78, 5) is 31.5. The highest BCUT2D eigenvalue weighted by Crippen LogP contribution is 2.41. The average Bonchev–Trinajstić information content (AvgIpc) is 3.52. The zero-order valence-electron chi connectivity index (χ0n) is 18.3. The lowest BCUT2D eigenvalue weighted by Gasteiger charge is -2.23. The van der Waals surface area contributed by atoms with Gasteiger partial charge in [0.15, 0.2) is 0 Å². The number of carbonyl (C=O) groups excluding carboxylic acids is 2. The highest BCUT2D eigenvalue weighted by Gasteiger charge is 2.47. The van der Waals surface area contributed by atoms with Gasteiger partial charge in [-0.2, -0.15) is 0 Å². The van der Waals surface area contributed by atoms with Crippen LogP contribution in [-0.4, -0.2) is 44.4 Å². The first-order chi connectivity index (χ1) is 15.9. The monoisotopic (exact) mass is 469 g/mol. The molecule has 1 fully saturated rings. The molecule has 0 aliphatic carbocycles. The van der Waals surface area contributed by atoms with Crippen molar-refractivity contribution < 1.29 is 23.8 Å². The Hall–Kier alpha value is -3.52. The molecule has 1 aliphatic heterocycles. The molecule has 8 nitrogen and oxygen atoms in total. The zero-order valence-corrected chi connectivity index (χ0v) is 19.1. The Morgan fingerprint density at radius 3 is 2.70 bits per heavy atom. The third-order valence-corrected chi connectivity index (χ3v) is 5.75. The second kappa shape index (κ2) is 9.54. The smallest absolute Gasteiger partial charge is 0.295 e. The van der Waals surface area contributed by atoms with Gasteiger partial charge in [-0.1, -0.05) is 11.6 Å². The molecule has 3 heterocycles. The number of aryl methyl sites for hydroxylation is 2. The molecule has 1 aliphatic rings. The number of aromatic nitrogens is 2. The van der Waals surface area contributed by atoms with Crippen molar-refractivity contribution >= 4 is 29.1 Å². The van der Waals surface area contributed by atoms with Crippen molar-refractivity contribution in [1.29, 1.82) is 0 Å². The number of aliphatic hydroxyl groups excluding tert-OH is 1. The average molecular weight is 470 g/mol. The van der Waals surface area contributed by atoms with Crippen LogP contribution in [0.1, 0.15) is 36.5 Å². The number of Topliss-reactive ketones (excluding diaryl/α,β-unsaturated/α-hetero) is 1. The summed E-state index contributed by atoms with van der Waals surface area (Å²) in [7, 11) is 0. The summed E-state index contributed by atoms with van der Waals surface area (Å²) >= 11 is 6.28. The van der Waals surface area contributed by atoms with Gasteiger partial charge in [0.05, 0.1) is 23.5 Å². The summed E-state index contributed by atoms with van der Waals surface area (Å²) in [6.45, 7) is 4.98. The van der Waals surface area contributed by atoms with Crippen LogP contribution in [0.2, 0.25) is 5.02 Å². The SMILES string of the molecule is CCOc1ccc(C(O)=C2C(=O)C(=O)N(CCCn3ccnc3)C2c2ccc(C)o2)cc1Cl. The molecule has 4 rings (SSSR count). The van der Waals surface area contributed by atoms with E-state index in [9.17, 15) is 14.7 Å². The number of rotatable bonds is 8. The highest BCUT2D eigenvalue weighted by atomic mass is 35.5. The summed E-state index contributed by atoms with van der Waals surface area (Å²) in [5.74, 6) is -0.244. The van der Waals surface area contributed by atoms with Crippen molar-refractivity contribution in [2.24, 2.45) is 0 Å². The fraction of sp³-hybridized carbons (Fsp3) is 0.292. The fourth-order valence-electron chi connectivity index (χ4n) is 3.93. The Morgan fingerprint density at radius 1 is 1.24 bits per heavy atom. The number of carbonyl (C=O) groups is 2. The Bertz CT molecular complexity index is 1200. The lowest BCUT2D eigenvalue weighted by atomic mass is 9.99. The van der Waals surface area contributed by atoms with Crippen LogP contribution < -0.4 is 4.74 Å². The number of ketones is 1. The maximum absolute atomic E-state index is 13.0. The maximum Gasteiger partial charge on any atom is 0.295 e. The Labute approximate surface area is 196 Å². The molecule has 0 spiro atoms. The van der Waals surface area contributed by atoms with E-state index in [1.165, 1.54) is 11.0 Å². The van der Waals surface area contributed by atoms with Crippen LogP contribution in [0.4, 0.5) is 0 Å². The van der Waals surface area contributed by atoms with E-state index >= 15 is 0 Å². The van der Waals surface area contributed by atoms with Crippen LogP contribution >= 0.6 is 11.6 Å².